The summed E-state index contributed by atoms with van der Waals surface area (Å²) in [5, 5.41) is 54.9. The molecular formula is C24H29N3O8. The Morgan fingerprint density at radius 1 is 1.14 bits per heavy atom. The molecule has 0 saturated heterocycles. The molecule has 1 saturated carbocycles. The molecule has 3 aliphatic rings. The van der Waals surface area contributed by atoms with E-state index in [2.05, 4.69) is 0 Å². The van der Waals surface area contributed by atoms with Gasteiger partial charge in [0.25, 0.3) is 5.91 Å². The molecule has 3 aliphatic carbocycles. The van der Waals surface area contributed by atoms with E-state index in [0.29, 0.717) is 11.3 Å². The molecule has 11 nitrogen and oxygen atoms in total. The molecular weight excluding hydrogens is 458 g/mol. The molecule has 35 heavy (non-hydrogen) atoms. The number of phenolic OH excluding ortho intramolecular Hbond substituents is 1. The molecule has 4 rings (SSSR count). The molecule has 0 aromatic heterocycles. The average molecular weight is 488 g/mol. The van der Waals surface area contributed by atoms with Crippen LogP contribution >= 0.6 is 0 Å². The maximum atomic E-state index is 13.9. The van der Waals surface area contributed by atoms with Crippen LogP contribution in [0.1, 0.15) is 11.1 Å². The van der Waals surface area contributed by atoms with Crippen molar-refractivity contribution >= 4 is 28.9 Å². The highest BCUT2D eigenvalue weighted by molar-refractivity contribution is 6.24. The van der Waals surface area contributed by atoms with Gasteiger partial charge < -0.3 is 36.2 Å². The van der Waals surface area contributed by atoms with Gasteiger partial charge in [-0.3, -0.25) is 19.3 Å². The molecule has 0 spiro atoms. The Labute approximate surface area is 201 Å². The van der Waals surface area contributed by atoms with Gasteiger partial charge in [-0.2, -0.15) is 0 Å². The Kier molecular flexibility index (Phi) is 5.70. The zero-order valence-electron chi connectivity index (χ0n) is 19.8. The van der Waals surface area contributed by atoms with Gasteiger partial charge in [-0.25, -0.2) is 0 Å². The van der Waals surface area contributed by atoms with Gasteiger partial charge in [-0.15, -0.1) is 0 Å². The van der Waals surface area contributed by atoms with E-state index in [-0.39, 0.29) is 23.3 Å². The Morgan fingerprint density at radius 2 is 1.77 bits per heavy atom. The SMILES string of the molecule is CN(C)c1ccc(O)c2c1C[C@@H]1C(=C2O)C(=O)[C@]2(O)C(O)=C(C(N)=O)C(=O)[C@@H](N(C)C)[C@@H]2[C@@H]1CO. The van der Waals surface area contributed by atoms with Gasteiger partial charge in [0.2, 0.25) is 5.78 Å². The molecule has 188 valence electrons. The average Bonchev–Trinajstić information content (AvgIpc) is 2.75. The first-order valence-electron chi connectivity index (χ1n) is 11.1. The molecule has 1 amide bonds. The van der Waals surface area contributed by atoms with Crippen molar-refractivity contribution in [2.45, 2.75) is 18.1 Å². The van der Waals surface area contributed by atoms with Gasteiger partial charge in [0.05, 0.1) is 11.6 Å². The number of benzene rings is 1. The third-order valence-corrected chi connectivity index (χ3v) is 7.55. The van der Waals surface area contributed by atoms with Crippen LogP contribution < -0.4 is 10.6 Å². The number of ketones is 2. The predicted molar refractivity (Wildman–Crippen MR) is 125 cm³/mol. The molecule has 7 N–H and O–H groups in total. The minimum Gasteiger partial charge on any atom is -0.508 e. The van der Waals surface area contributed by atoms with Gasteiger partial charge in [-0.05, 0) is 44.1 Å². The lowest BCUT2D eigenvalue weighted by molar-refractivity contribution is -0.162. The van der Waals surface area contributed by atoms with Gasteiger partial charge >= 0.3 is 0 Å². The number of nitrogens with zero attached hydrogens (tertiary/aromatic N) is 2. The number of anilines is 1. The highest BCUT2D eigenvalue weighted by Gasteiger charge is 2.67. The first-order chi connectivity index (χ1) is 16.3. The Morgan fingerprint density at radius 3 is 2.29 bits per heavy atom. The van der Waals surface area contributed by atoms with Gasteiger partial charge in [0.15, 0.2) is 11.4 Å². The highest BCUT2D eigenvalue weighted by atomic mass is 16.3. The van der Waals surface area contributed by atoms with Crippen molar-refractivity contribution in [1.82, 2.24) is 4.90 Å². The third kappa shape index (κ3) is 3.12. The number of amides is 1. The van der Waals surface area contributed by atoms with Crippen LogP contribution in [0, 0.1) is 17.8 Å². The number of carbonyl (C=O) groups excluding carboxylic acids is 3. The van der Waals surface area contributed by atoms with Crippen molar-refractivity contribution in [3.63, 3.8) is 0 Å². The number of hydrogen-bond acceptors (Lipinski definition) is 10. The summed E-state index contributed by atoms with van der Waals surface area (Å²) in [6.45, 7) is -0.607. The number of aromatic hydroxyl groups is 1. The van der Waals surface area contributed by atoms with Crippen LogP contribution in [0.2, 0.25) is 0 Å². The summed E-state index contributed by atoms with van der Waals surface area (Å²) in [4.78, 5) is 42.3. The predicted octanol–water partition coefficient (Wildman–Crippen LogP) is -0.752. The number of hydrogen-bond donors (Lipinski definition) is 6. The van der Waals surface area contributed by atoms with Crippen molar-refractivity contribution < 1.29 is 39.9 Å². The van der Waals surface area contributed by atoms with Crippen molar-refractivity contribution in [2.75, 3.05) is 39.7 Å². The van der Waals surface area contributed by atoms with Gasteiger partial charge in [-0.1, -0.05) is 0 Å². The number of rotatable bonds is 4. The molecule has 5 atom stereocenters. The molecule has 0 bridgehead atoms. The third-order valence-electron chi connectivity index (χ3n) is 7.55. The number of primary amides is 1. The number of aliphatic hydroxyl groups excluding tert-OH is 3. The Balaban J connectivity index is 2.07. The second-order valence-corrected chi connectivity index (χ2v) is 9.75. The maximum absolute atomic E-state index is 13.9. The molecule has 1 aromatic carbocycles. The summed E-state index contributed by atoms with van der Waals surface area (Å²) >= 11 is 0. The molecule has 0 heterocycles. The minimum absolute atomic E-state index is 0.00387. The summed E-state index contributed by atoms with van der Waals surface area (Å²) in [6, 6.07) is 1.74. The van der Waals surface area contributed by atoms with E-state index in [1.54, 1.807) is 25.1 Å². The van der Waals surface area contributed by atoms with Crippen LogP contribution in [0.5, 0.6) is 5.75 Å². The molecule has 0 radical (unpaired) electrons. The van der Waals surface area contributed by atoms with Gasteiger partial charge in [0.1, 0.15) is 22.8 Å². The molecule has 1 aromatic rings. The fraction of sp³-hybridized carbons (Fsp3) is 0.458. The number of nitrogens with two attached hydrogens (primary N) is 1. The summed E-state index contributed by atoms with van der Waals surface area (Å²) < 4.78 is 0. The highest BCUT2D eigenvalue weighted by Crippen LogP contribution is 2.55. The first-order valence-corrected chi connectivity index (χ1v) is 11.1. The van der Waals surface area contributed by atoms with E-state index in [4.69, 9.17) is 5.73 Å². The second kappa shape index (κ2) is 8.08. The maximum Gasteiger partial charge on any atom is 0.255 e. The fourth-order valence-electron chi connectivity index (χ4n) is 6.09. The normalized spacial score (nSPS) is 30.3. The number of Topliss-reactive ketones (excluding diaryl/α,β-unsaturated/α-hetero) is 2. The van der Waals surface area contributed by atoms with Crippen LogP contribution in [-0.2, 0) is 20.8 Å². The molecule has 1 fully saturated rings. The van der Waals surface area contributed by atoms with E-state index >= 15 is 0 Å². The van der Waals surface area contributed by atoms with Crippen LogP contribution in [0.25, 0.3) is 5.76 Å². The van der Waals surface area contributed by atoms with E-state index in [1.807, 2.05) is 0 Å². The number of likely N-dealkylation sites (N-methyl/N-ethyl adjacent to an activating group) is 1. The summed E-state index contributed by atoms with van der Waals surface area (Å²) in [7, 11) is 6.55. The first kappa shape index (κ1) is 24.7. The van der Waals surface area contributed by atoms with Crippen LogP contribution in [0.3, 0.4) is 0 Å². The number of phenols is 1. The molecule has 0 unspecified atom stereocenters. The van der Waals surface area contributed by atoms with Crippen LogP contribution in [0.15, 0.2) is 29.0 Å². The van der Waals surface area contributed by atoms with Crippen molar-refractivity contribution in [1.29, 1.82) is 0 Å². The summed E-state index contributed by atoms with van der Waals surface area (Å²) in [6.07, 6.45) is 0.0989. The summed E-state index contributed by atoms with van der Waals surface area (Å²) in [5.74, 6) is -8.60. The van der Waals surface area contributed by atoms with Crippen LogP contribution in [0.4, 0.5) is 5.69 Å². The number of carbonyl (C=O) groups is 3. The lowest BCUT2D eigenvalue weighted by atomic mass is 9.53. The van der Waals surface area contributed by atoms with Crippen LogP contribution in [-0.4, -0.2) is 94.3 Å². The summed E-state index contributed by atoms with van der Waals surface area (Å²) in [5.41, 5.74) is 2.50. The minimum atomic E-state index is -2.81. The Hall–Kier alpha value is -3.41. The quantitative estimate of drug-likeness (QED) is 0.295. The molecule has 0 aliphatic heterocycles. The van der Waals surface area contributed by atoms with Gasteiger partial charge in [0, 0.05) is 43.8 Å². The van der Waals surface area contributed by atoms with Crippen molar-refractivity contribution in [2.24, 2.45) is 23.5 Å². The molecule has 11 heteroatoms. The largest absolute Gasteiger partial charge is 0.508 e. The number of aliphatic hydroxyl groups is 4. The number of fused-ring (bicyclic) bond motifs is 3. The zero-order valence-corrected chi connectivity index (χ0v) is 19.8. The smallest absolute Gasteiger partial charge is 0.255 e. The zero-order chi connectivity index (χ0) is 26.1. The van der Waals surface area contributed by atoms with E-state index in [9.17, 15) is 39.9 Å². The lowest BCUT2D eigenvalue weighted by Crippen LogP contribution is -2.69. The standard InChI is InChI=1S/C24H29N3O8/c1-26(2)12-5-6-13(29)14-10(12)7-9-11(8-28)17-18(27(3)4)20(31)16(23(25)34)22(33)24(17,35)21(32)15(9)19(14)30/h5-6,9,11,17-18,28-30,33,35H,7-8H2,1-4H3,(H2,25,34)/t9-,11+,17-,18-,24-/m0/s1. The topological polar surface area (TPSA) is 185 Å². The van der Waals surface area contributed by atoms with E-state index < -0.39 is 70.6 Å². The van der Waals surface area contributed by atoms with Crippen molar-refractivity contribution in [3.05, 3.63) is 40.2 Å². The Bertz CT molecular complexity index is 1220. The second-order valence-electron chi connectivity index (χ2n) is 9.75. The monoisotopic (exact) mass is 487 g/mol. The fourth-order valence-corrected chi connectivity index (χ4v) is 6.09. The van der Waals surface area contributed by atoms with Crippen molar-refractivity contribution in [3.8, 4) is 5.75 Å². The van der Waals surface area contributed by atoms with E-state index in [1.165, 1.54) is 25.1 Å². The lowest BCUT2D eigenvalue weighted by Gasteiger charge is -2.54. The van der Waals surface area contributed by atoms with E-state index in [0.717, 1.165) is 0 Å².